The molecule has 0 aliphatic rings. The van der Waals surface area contributed by atoms with Crippen LogP contribution in [-0.4, -0.2) is 35.5 Å². The summed E-state index contributed by atoms with van der Waals surface area (Å²) < 4.78 is 1.08. The fourth-order valence-corrected chi connectivity index (χ4v) is 4.66. The van der Waals surface area contributed by atoms with Crippen molar-refractivity contribution in [1.82, 2.24) is 15.3 Å². The van der Waals surface area contributed by atoms with Crippen LogP contribution in [0.5, 0.6) is 0 Å². The van der Waals surface area contributed by atoms with Crippen LogP contribution in [0.4, 0.5) is 5.13 Å². The van der Waals surface area contributed by atoms with Crippen molar-refractivity contribution in [1.29, 1.82) is 0 Å². The monoisotopic (exact) mass is 360 g/mol. The number of nitrogens with zero attached hydrogens (tertiary/aromatic N) is 3. The Hall–Kier alpha value is -1.99. The molecule has 1 amide bonds. The molecule has 0 bridgehead atoms. The minimum atomic E-state index is -0.0366. The molecule has 5 nitrogen and oxygen atoms in total. The van der Waals surface area contributed by atoms with Gasteiger partial charge in [-0.1, -0.05) is 17.4 Å². The van der Waals surface area contributed by atoms with E-state index in [0.717, 1.165) is 44.7 Å². The molecule has 1 N–H and O–H groups in total. The highest BCUT2D eigenvalue weighted by atomic mass is 32.1. The van der Waals surface area contributed by atoms with Crippen molar-refractivity contribution in [3.8, 4) is 0 Å². The number of hydrogen-bond donors (Lipinski definition) is 1. The van der Waals surface area contributed by atoms with Gasteiger partial charge in [0.15, 0.2) is 5.13 Å². The van der Waals surface area contributed by atoms with Gasteiger partial charge in [0.2, 0.25) is 0 Å². The van der Waals surface area contributed by atoms with Gasteiger partial charge in [0.1, 0.15) is 4.83 Å². The number of carbonyl (C=O) groups is 1. The van der Waals surface area contributed by atoms with Crippen LogP contribution in [0.25, 0.3) is 9.53 Å². The first-order valence-electron chi connectivity index (χ1n) is 8.04. The maximum Gasteiger partial charge on any atom is 0.261 e. The molecule has 0 unspecified atom stereocenters. The van der Waals surface area contributed by atoms with Gasteiger partial charge in [0.25, 0.3) is 5.91 Å². The number of pyridine rings is 1. The van der Waals surface area contributed by atoms with Crippen LogP contribution in [0.1, 0.15) is 29.2 Å². The highest BCUT2D eigenvalue weighted by molar-refractivity contribution is 7.29. The minimum Gasteiger partial charge on any atom is -0.351 e. The first-order chi connectivity index (χ1) is 11.7. The molecule has 0 aromatic carbocycles. The third-order valence-corrected chi connectivity index (χ3v) is 5.95. The van der Waals surface area contributed by atoms with E-state index in [1.165, 1.54) is 11.3 Å². The molecule has 0 aliphatic heterocycles. The molecular weight excluding hydrogens is 340 g/mol. The summed E-state index contributed by atoms with van der Waals surface area (Å²) in [6.45, 7) is 6.72. The number of amides is 1. The largest absolute Gasteiger partial charge is 0.351 e. The van der Waals surface area contributed by atoms with E-state index in [4.69, 9.17) is 0 Å². The third kappa shape index (κ3) is 3.73. The zero-order valence-electron chi connectivity index (χ0n) is 13.8. The quantitative estimate of drug-likeness (QED) is 0.700. The van der Waals surface area contributed by atoms with E-state index in [2.05, 4.69) is 34.0 Å². The van der Waals surface area contributed by atoms with Gasteiger partial charge in [-0.15, -0.1) is 11.3 Å². The standard InChI is InChI=1S/C17H20N4OS2/c1-3-21(4-2)17-20-16-14(24-17)11-13(23-16)15(22)19-10-8-12-7-5-6-9-18-12/h5-7,9,11H,3-4,8,10H2,1-2H3,(H,19,22). The van der Waals surface area contributed by atoms with Crippen LogP contribution in [-0.2, 0) is 6.42 Å². The van der Waals surface area contributed by atoms with Crippen LogP contribution in [0, 0.1) is 0 Å². The molecule has 0 radical (unpaired) electrons. The van der Waals surface area contributed by atoms with Crippen molar-refractivity contribution in [2.45, 2.75) is 20.3 Å². The Bertz CT molecular complexity index is 777. The van der Waals surface area contributed by atoms with Crippen LogP contribution in [0.2, 0.25) is 0 Å². The number of thiophene rings is 1. The van der Waals surface area contributed by atoms with E-state index in [9.17, 15) is 4.79 Å². The zero-order valence-corrected chi connectivity index (χ0v) is 15.4. The van der Waals surface area contributed by atoms with Crippen molar-refractivity contribution in [2.75, 3.05) is 24.5 Å². The normalized spacial score (nSPS) is 10.9. The van der Waals surface area contributed by atoms with Crippen LogP contribution in [0.3, 0.4) is 0 Å². The van der Waals surface area contributed by atoms with Gasteiger partial charge in [-0.2, -0.15) is 0 Å². The van der Waals surface area contributed by atoms with Gasteiger partial charge < -0.3 is 10.2 Å². The summed E-state index contributed by atoms with van der Waals surface area (Å²) in [6, 6.07) is 7.75. The van der Waals surface area contributed by atoms with Gasteiger partial charge in [-0.05, 0) is 32.0 Å². The molecule has 24 heavy (non-hydrogen) atoms. The van der Waals surface area contributed by atoms with Gasteiger partial charge in [0.05, 0.1) is 9.58 Å². The Balaban J connectivity index is 1.62. The van der Waals surface area contributed by atoms with E-state index in [1.807, 2.05) is 24.3 Å². The molecule has 7 heteroatoms. The summed E-state index contributed by atoms with van der Waals surface area (Å²) in [5.41, 5.74) is 0.982. The summed E-state index contributed by atoms with van der Waals surface area (Å²) in [4.78, 5) is 25.1. The first-order valence-corrected chi connectivity index (χ1v) is 9.68. The number of thiazole rings is 1. The Labute approximate surface area is 149 Å². The second-order valence-corrected chi connectivity index (χ2v) is 7.32. The van der Waals surface area contributed by atoms with Crippen molar-refractivity contribution in [3.63, 3.8) is 0 Å². The molecular formula is C17H20N4OS2. The Morgan fingerprint density at radius 2 is 2.08 bits per heavy atom. The average Bonchev–Trinajstić information content (AvgIpc) is 3.16. The van der Waals surface area contributed by atoms with Crippen molar-refractivity contribution >= 4 is 43.2 Å². The smallest absolute Gasteiger partial charge is 0.261 e. The average molecular weight is 361 g/mol. The lowest BCUT2D eigenvalue weighted by Crippen LogP contribution is -2.25. The topological polar surface area (TPSA) is 58.1 Å². The molecule has 0 spiro atoms. The Morgan fingerprint density at radius 3 is 2.75 bits per heavy atom. The molecule has 0 saturated carbocycles. The Morgan fingerprint density at radius 1 is 1.25 bits per heavy atom. The van der Waals surface area contributed by atoms with Crippen molar-refractivity contribution < 1.29 is 4.79 Å². The molecule has 0 saturated heterocycles. The van der Waals surface area contributed by atoms with E-state index in [-0.39, 0.29) is 5.91 Å². The molecule has 3 heterocycles. The molecule has 3 rings (SSSR count). The number of carbonyl (C=O) groups excluding carboxylic acids is 1. The fourth-order valence-electron chi connectivity index (χ4n) is 2.40. The summed E-state index contributed by atoms with van der Waals surface area (Å²) >= 11 is 3.10. The van der Waals surface area contributed by atoms with Gasteiger partial charge >= 0.3 is 0 Å². The van der Waals surface area contributed by atoms with E-state index in [1.54, 1.807) is 17.5 Å². The minimum absolute atomic E-state index is 0.0366. The van der Waals surface area contributed by atoms with E-state index >= 15 is 0 Å². The molecule has 0 aliphatic carbocycles. The fraction of sp³-hybridized carbons (Fsp3) is 0.353. The summed E-state index contributed by atoms with van der Waals surface area (Å²) in [7, 11) is 0. The summed E-state index contributed by atoms with van der Waals surface area (Å²) in [6.07, 6.45) is 2.50. The summed E-state index contributed by atoms with van der Waals surface area (Å²) in [5.74, 6) is -0.0366. The van der Waals surface area contributed by atoms with Crippen molar-refractivity contribution in [2.24, 2.45) is 0 Å². The molecule has 0 fully saturated rings. The highest BCUT2D eigenvalue weighted by Gasteiger charge is 2.15. The number of aromatic nitrogens is 2. The molecule has 0 atom stereocenters. The van der Waals surface area contributed by atoms with Gasteiger partial charge in [-0.3, -0.25) is 9.78 Å². The number of rotatable bonds is 7. The lowest BCUT2D eigenvalue weighted by Gasteiger charge is -2.16. The summed E-state index contributed by atoms with van der Waals surface area (Å²) in [5, 5.41) is 3.99. The second kappa shape index (κ2) is 7.72. The SMILES string of the molecule is CCN(CC)c1nc2sc(C(=O)NCCc3ccccn3)cc2s1. The maximum atomic E-state index is 12.3. The third-order valence-electron chi connectivity index (χ3n) is 3.73. The molecule has 3 aromatic heterocycles. The predicted octanol–water partition coefficient (Wildman–Crippen LogP) is 3.57. The number of anilines is 1. The molecule has 126 valence electrons. The highest BCUT2D eigenvalue weighted by Crippen LogP contribution is 2.34. The first kappa shape index (κ1) is 16.9. The van der Waals surface area contributed by atoms with E-state index < -0.39 is 0 Å². The van der Waals surface area contributed by atoms with Crippen LogP contribution >= 0.6 is 22.7 Å². The number of nitrogens with one attached hydrogen (secondary N) is 1. The van der Waals surface area contributed by atoms with Gasteiger partial charge in [0, 0.05) is 37.9 Å². The van der Waals surface area contributed by atoms with Crippen LogP contribution in [0.15, 0.2) is 30.5 Å². The van der Waals surface area contributed by atoms with Crippen molar-refractivity contribution in [3.05, 3.63) is 41.0 Å². The predicted molar refractivity (Wildman–Crippen MR) is 101 cm³/mol. The van der Waals surface area contributed by atoms with E-state index in [0.29, 0.717) is 6.54 Å². The Kier molecular flexibility index (Phi) is 5.42. The van der Waals surface area contributed by atoms with Crippen LogP contribution < -0.4 is 10.2 Å². The lowest BCUT2D eigenvalue weighted by atomic mass is 10.3. The zero-order chi connectivity index (χ0) is 16.9. The maximum absolute atomic E-state index is 12.3. The lowest BCUT2D eigenvalue weighted by molar-refractivity contribution is 0.0958. The number of fused-ring (bicyclic) bond motifs is 1. The molecule has 3 aromatic rings. The van der Waals surface area contributed by atoms with Gasteiger partial charge in [-0.25, -0.2) is 4.98 Å². The number of hydrogen-bond acceptors (Lipinski definition) is 6. The second-order valence-electron chi connectivity index (χ2n) is 5.28.